The van der Waals surface area contributed by atoms with Gasteiger partial charge in [0.05, 0.1) is 28.8 Å². The third-order valence-electron chi connectivity index (χ3n) is 7.63. The second kappa shape index (κ2) is 10.2. The van der Waals surface area contributed by atoms with Crippen molar-refractivity contribution in [2.75, 3.05) is 12.4 Å². The molecule has 0 unspecified atom stereocenters. The molecule has 0 spiro atoms. The number of carbonyl (C=O) groups excluding carboxylic acids is 1. The molecule has 2 heterocycles. The van der Waals surface area contributed by atoms with Crippen LogP contribution in [0.15, 0.2) is 48.8 Å². The van der Waals surface area contributed by atoms with E-state index in [0.717, 1.165) is 40.0 Å². The Hall–Kier alpha value is -3.69. The number of aromatic nitrogens is 2. The van der Waals surface area contributed by atoms with Crippen molar-refractivity contribution < 1.29 is 27.9 Å². The fourth-order valence-corrected chi connectivity index (χ4v) is 5.46. The van der Waals surface area contributed by atoms with Crippen LogP contribution in [-0.4, -0.2) is 45.1 Å². The van der Waals surface area contributed by atoms with Crippen LogP contribution in [0.1, 0.15) is 61.6 Å². The van der Waals surface area contributed by atoms with E-state index in [9.17, 15) is 22.8 Å². The number of nitrogens with one attached hydrogen (secondary N) is 1. The van der Waals surface area contributed by atoms with E-state index in [1.54, 1.807) is 24.5 Å². The van der Waals surface area contributed by atoms with E-state index in [1.165, 1.54) is 19.2 Å². The smallest absolute Gasteiger partial charge is 0.413 e. The Labute approximate surface area is 218 Å². The number of hydrogen-bond donors (Lipinski definition) is 2. The van der Waals surface area contributed by atoms with Crippen molar-refractivity contribution in [3.63, 3.8) is 0 Å². The molecule has 0 radical (unpaired) electrons. The molecule has 3 aromatic rings. The first kappa shape index (κ1) is 25.9. The van der Waals surface area contributed by atoms with Crippen LogP contribution in [0, 0.1) is 11.8 Å². The number of fused-ring (bicyclic) bond motifs is 1. The second-order valence-corrected chi connectivity index (χ2v) is 10.3. The lowest BCUT2D eigenvalue weighted by Gasteiger charge is -2.35. The zero-order valence-corrected chi connectivity index (χ0v) is 20.9. The fraction of sp³-hybridized carbons (Fsp3) is 0.429. The van der Waals surface area contributed by atoms with Crippen molar-refractivity contribution in [3.05, 3.63) is 59.9 Å². The maximum atomic E-state index is 14.2. The lowest BCUT2D eigenvalue weighted by atomic mass is 9.81. The highest BCUT2D eigenvalue weighted by Gasteiger charge is 2.46. The lowest BCUT2D eigenvalue weighted by molar-refractivity contribution is -0.191. The molecule has 7 nitrogen and oxygen atoms in total. The number of amides is 1. The van der Waals surface area contributed by atoms with Crippen LogP contribution < -0.4 is 5.32 Å². The molecule has 0 aliphatic heterocycles. The highest BCUT2D eigenvalue weighted by Crippen LogP contribution is 2.46. The van der Waals surface area contributed by atoms with Crippen molar-refractivity contribution in [2.24, 2.45) is 11.8 Å². The number of anilines is 2. The van der Waals surface area contributed by atoms with E-state index in [-0.39, 0.29) is 18.4 Å². The third-order valence-corrected chi connectivity index (χ3v) is 7.63. The molecule has 2 N–H and O–H groups in total. The van der Waals surface area contributed by atoms with E-state index < -0.39 is 35.9 Å². The maximum Gasteiger partial charge on any atom is 0.413 e. The van der Waals surface area contributed by atoms with Crippen LogP contribution >= 0.6 is 0 Å². The molecule has 10 heteroatoms. The Balaban J connectivity index is 1.35. The number of rotatable bonds is 7. The first-order valence-corrected chi connectivity index (χ1v) is 12.8. The van der Waals surface area contributed by atoms with Gasteiger partial charge < -0.3 is 15.3 Å². The predicted octanol–water partition coefficient (Wildman–Crippen LogP) is 6.20. The summed E-state index contributed by atoms with van der Waals surface area (Å²) in [6, 6.07) is 7.55. The molecular weight excluding hydrogens is 497 g/mol. The Morgan fingerprint density at radius 2 is 1.66 bits per heavy atom. The molecule has 1 aromatic carbocycles. The average Bonchev–Trinajstić information content (AvgIpc) is 3.73. The SMILES string of the molecule is CN(C(=O)C1CCC(C(=O)O)CC1)[C@@H](c1ccc(Nc2cnc3cccnc3c2C2CC2)cc1)C(F)(F)F. The fourth-order valence-electron chi connectivity index (χ4n) is 5.46. The number of aliphatic carboxylic acids is 1. The molecular formula is C28H29F3N4O3. The number of pyridine rings is 2. The van der Waals surface area contributed by atoms with Gasteiger partial charge in [-0.2, -0.15) is 13.2 Å². The molecule has 2 aromatic heterocycles. The van der Waals surface area contributed by atoms with Crippen LogP contribution in [0.4, 0.5) is 24.5 Å². The summed E-state index contributed by atoms with van der Waals surface area (Å²) in [5.74, 6) is -2.32. The molecule has 0 saturated heterocycles. The molecule has 5 rings (SSSR count). The molecule has 2 aliphatic carbocycles. The highest BCUT2D eigenvalue weighted by atomic mass is 19.4. The molecule has 1 amide bonds. The summed E-state index contributed by atoms with van der Waals surface area (Å²) in [6.45, 7) is 0. The second-order valence-electron chi connectivity index (χ2n) is 10.3. The van der Waals surface area contributed by atoms with Crippen LogP contribution in [-0.2, 0) is 9.59 Å². The molecule has 38 heavy (non-hydrogen) atoms. The maximum absolute atomic E-state index is 14.2. The van der Waals surface area contributed by atoms with E-state index >= 15 is 0 Å². The zero-order chi connectivity index (χ0) is 27.0. The number of carboxylic acids is 1. The van der Waals surface area contributed by atoms with E-state index in [0.29, 0.717) is 24.4 Å². The number of carboxylic acid groups (broad SMARTS) is 1. The van der Waals surface area contributed by atoms with Gasteiger partial charge in [0, 0.05) is 30.4 Å². The van der Waals surface area contributed by atoms with Crippen LogP contribution in [0.3, 0.4) is 0 Å². The number of hydrogen-bond acceptors (Lipinski definition) is 5. The van der Waals surface area contributed by atoms with Gasteiger partial charge >= 0.3 is 12.1 Å². The minimum Gasteiger partial charge on any atom is -0.481 e. The standard InChI is InChI=1S/C28H29F3N4O3/c1-35(26(36)18-6-8-19(9-7-18)27(37)38)25(28(29,30)31)17-10-12-20(13-11-17)34-22-15-33-21-3-2-14-32-24(21)23(22)16-4-5-16/h2-3,10-16,18-19,25,34H,4-9H2,1H3,(H,37,38)/t18?,19?,25-/m0/s1. The first-order valence-electron chi connectivity index (χ1n) is 12.8. The molecule has 0 bridgehead atoms. The summed E-state index contributed by atoms with van der Waals surface area (Å²) in [5.41, 5.74) is 4.03. The van der Waals surface area contributed by atoms with Gasteiger partial charge in [0.1, 0.15) is 0 Å². The topological polar surface area (TPSA) is 95.4 Å². The normalized spacial score (nSPS) is 20.6. The molecule has 2 aliphatic rings. The number of benzene rings is 1. The average molecular weight is 527 g/mol. The predicted molar refractivity (Wildman–Crippen MR) is 136 cm³/mol. The van der Waals surface area contributed by atoms with Crippen molar-refractivity contribution in [2.45, 2.75) is 56.7 Å². The van der Waals surface area contributed by atoms with E-state index in [2.05, 4.69) is 15.3 Å². The quantitative estimate of drug-likeness (QED) is 0.380. The lowest BCUT2D eigenvalue weighted by Crippen LogP contribution is -2.43. The van der Waals surface area contributed by atoms with Gasteiger partial charge in [0.2, 0.25) is 5.91 Å². The van der Waals surface area contributed by atoms with Crippen LogP contribution in [0.2, 0.25) is 0 Å². The van der Waals surface area contributed by atoms with Crippen molar-refractivity contribution in [1.29, 1.82) is 0 Å². The Morgan fingerprint density at radius 1 is 1.00 bits per heavy atom. The summed E-state index contributed by atoms with van der Waals surface area (Å²) >= 11 is 0. The number of halogens is 3. The first-order chi connectivity index (χ1) is 18.1. The van der Waals surface area contributed by atoms with Crippen LogP contribution in [0.25, 0.3) is 11.0 Å². The minimum absolute atomic E-state index is 0.0427. The summed E-state index contributed by atoms with van der Waals surface area (Å²) in [5, 5.41) is 12.5. The van der Waals surface area contributed by atoms with Crippen molar-refractivity contribution in [1.82, 2.24) is 14.9 Å². The van der Waals surface area contributed by atoms with Gasteiger partial charge in [-0.3, -0.25) is 19.6 Å². The van der Waals surface area contributed by atoms with Gasteiger partial charge in [0.15, 0.2) is 6.04 Å². The van der Waals surface area contributed by atoms with Crippen molar-refractivity contribution >= 4 is 34.3 Å². The number of nitrogens with zero attached hydrogens (tertiary/aromatic N) is 3. The summed E-state index contributed by atoms with van der Waals surface area (Å²) in [7, 11) is 1.17. The van der Waals surface area contributed by atoms with Crippen LogP contribution in [0.5, 0.6) is 0 Å². The summed E-state index contributed by atoms with van der Waals surface area (Å²) in [6.07, 6.45) is 2.00. The van der Waals surface area contributed by atoms with Gasteiger partial charge in [-0.1, -0.05) is 12.1 Å². The number of alkyl halides is 3. The molecule has 2 saturated carbocycles. The molecule has 2 fully saturated rings. The van der Waals surface area contributed by atoms with Gasteiger partial charge in [-0.05, 0) is 74.3 Å². The largest absolute Gasteiger partial charge is 0.481 e. The highest BCUT2D eigenvalue weighted by molar-refractivity contribution is 5.85. The van der Waals surface area contributed by atoms with Gasteiger partial charge in [0.25, 0.3) is 0 Å². The summed E-state index contributed by atoms with van der Waals surface area (Å²) in [4.78, 5) is 33.9. The van der Waals surface area contributed by atoms with E-state index in [1.807, 2.05) is 12.1 Å². The Bertz CT molecular complexity index is 1330. The monoisotopic (exact) mass is 526 g/mol. The summed E-state index contributed by atoms with van der Waals surface area (Å²) < 4.78 is 42.6. The molecule has 200 valence electrons. The van der Waals surface area contributed by atoms with Gasteiger partial charge in [-0.15, -0.1) is 0 Å². The third kappa shape index (κ3) is 5.30. The molecule has 1 atom stereocenters. The van der Waals surface area contributed by atoms with Crippen molar-refractivity contribution in [3.8, 4) is 0 Å². The Morgan fingerprint density at radius 3 is 2.26 bits per heavy atom. The van der Waals surface area contributed by atoms with E-state index in [4.69, 9.17) is 5.11 Å². The van der Waals surface area contributed by atoms with Gasteiger partial charge in [-0.25, -0.2) is 0 Å². The number of carbonyl (C=O) groups is 2. The Kier molecular flexibility index (Phi) is 6.98. The zero-order valence-electron chi connectivity index (χ0n) is 20.9. The minimum atomic E-state index is -4.68.